The predicted molar refractivity (Wildman–Crippen MR) is 79.4 cm³/mol. The van der Waals surface area contributed by atoms with Gasteiger partial charge in [0, 0.05) is 10.6 Å². The standard InChI is InChI=1S/C14H8N4O4S/c15-17-16-9-5-7-10(8-6-9)23(21,22)18-13(19)11-3-1-2-4-12(11)14(18)20/h1-8H. The van der Waals surface area contributed by atoms with Gasteiger partial charge in [-0.05, 0) is 29.8 Å². The Bertz CT molecular complexity index is 941. The van der Waals surface area contributed by atoms with Crippen LogP contribution in [0.3, 0.4) is 0 Å². The van der Waals surface area contributed by atoms with Gasteiger partial charge >= 0.3 is 0 Å². The van der Waals surface area contributed by atoms with E-state index >= 15 is 0 Å². The molecule has 0 radical (unpaired) electrons. The molecular formula is C14H8N4O4S. The van der Waals surface area contributed by atoms with Gasteiger partial charge in [0.2, 0.25) is 0 Å². The van der Waals surface area contributed by atoms with Crippen LogP contribution in [0.2, 0.25) is 0 Å². The van der Waals surface area contributed by atoms with E-state index in [9.17, 15) is 18.0 Å². The quantitative estimate of drug-likeness (QED) is 0.372. The molecule has 2 amide bonds. The van der Waals surface area contributed by atoms with Gasteiger partial charge in [0.25, 0.3) is 21.8 Å². The van der Waals surface area contributed by atoms with Crippen molar-refractivity contribution in [3.63, 3.8) is 0 Å². The maximum absolute atomic E-state index is 12.6. The Kier molecular flexibility index (Phi) is 3.36. The van der Waals surface area contributed by atoms with Crippen molar-refractivity contribution in [2.75, 3.05) is 0 Å². The summed E-state index contributed by atoms with van der Waals surface area (Å²) >= 11 is 0. The monoisotopic (exact) mass is 328 g/mol. The first-order valence-electron chi connectivity index (χ1n) is 6.35. The Labute approximate surface area is 130 Å². The highest BCUT2D eigenvalue weighted by Crippen LogP contribution is 2.29. The van der Waals surface area contributed by atoms with E-state index in [0.717, 1.165) is 0 Å². The van der Waals surface area contributed by atoms with Crippen molar-refractivity contribution < 1.29 is 18.0 Å². The van der Waals surface area contributed by atoms with Crippen LogP contribution in [0.25, 0.3) is 10.4 Å². The highest BCUT2D eigenvalue weighted by Gasteiger charge is 2.43. The third-order valence-electron chi connectivity index (χ3n) is 3.29. The largest absolute Gasteiger partial charge is 0.275 e. The fourth-order valence-corrected chi connectivity index (χ4v) is 3.55. The van der Waals surface area contributed by atoms with Crippen molar-refractivity contribution in [1.82, 2.24) is 4.31 Å². The first kappa shape index (κ1) is 14.8. The minimum absolute atomic E-state index is 0.0479. The topological polar surface area (TPSA) is 120 Å². The van der Waals surface area contributed by atoms with Crippen molar-refractivity contribution in [1.29, 1.82) is 0 Å². The number of rotatable bonds is 3. The third kappa shape index (κ3) is 2.24. The molecule has 1 aliphatic heterocycles. The summed E-state index contributed by atoms with van der Waals surface area (Å²) in [6.45, 7) is 0. The van der Waals surface area contributed by atoms with Gasteiger partial charge < -0.3 is 0 Å². The van der Waals surface area contributed by atoms with Gasteiger partial charge in [-0.15, -0.1) is 0 Å². The minimum atomic E-state index is -4.34. The lowest BCUT2D eigenvalue weighted by atomic mass is 10.1. The predicted octanol–water partition coefficient (Wildman–Crippen LogP) is 2.61. The van der Waals surface area contributed by atoms with E-state index in [4.69, 9.17) is 5.53 Å². The molecule has 8 nitrogen and oxygen atoms in total. The number of amides is 2. The molecule has 3 rings (SSSR count). The maximum atomic E-state index is 12.6. The number of sulfonamides is 1. The van der Waals surface area contributed by atoms with Gasteiger partial charge in [-0.25, -0.2) is 8.42 Å². The van der Waals surface area contributed by atoms with Crippen molar-refractivity contribution in [3.8, 4) is 0 Å². The van der Waals surface area contributed by atoms with Crippen molar-refractivity contribution in [3.05, 3.63) is 70.1 Å². The Morgan fingerprint density at radius 1 is 0.913 bits per heavy atom. The van der Waals surface area contributed by atoms with Crippen LogP contribution in [-0.2, 0) is 10.0 Å². The van der Waals surface area contributed by atoms with E-state index in [1.807, 2.05) is 0 Å². The summed E-state index contributed by atoms with van der Waals surface area (Å²) in [5.74, 6) is -1.77. The van der Waals surface area contributed by atoms with E-state index in [-0.39, 0.29) is 26.0 Å². The van der Waals surface area contributed by atoms with Gasteiger partial charge in [-0.1, -0.05) is 29.4 Å². The molecule has 0 atom stereocenters. The van der Waals surface area contributed by atoms with Gasteiger partial charge in [0.15, 0.2) is 0 Å². The maximum Gasteiger partial charge on any atom is 0.275 e. The molecule has 0 bridgehead atoms. The lowest BCUT2D eigenvalue weighted by Crippen LogP contribution is -2.36. The van der Waals surface area contributed by atoms with Gasteiger partial charge in [-0.3, -0.25) is 9.59 Å². The summed E-state index contributed by atoms with van der Waals surface area (Å²) < 4.78 is 25.4. The number of carbonyl (C=O) groups is 2. The number of nitrogens with zero attached hydrogens (tertiary/aromatic N) is 4. The van der Waals surface area contributed by atoms with Gasteiger partial charge in [0.1, 0.15) is 0 Å². The van der Waals surface area contributed by atoms with E-state index in [0.29, 0.717) is 0 Å². The number of carbonyl (C=O) groups excluding carboxylic acids is 2. The molecule has 1 heterocycles. The molecule has 114 valence electrons. The average molecular weight is 328 g/mol. The zero-order chi connectivity index (χ0) is 16.6. The summed E-state index contributed by atoms with van der Waals surface area (Å²) in [7, 11) is -4.34. The van der Waals surface area contributed by atoms with Crippen LogP contribution in [0.4, 0.5) is 5.69 Å². The lowest BCUT2D eigenvalue weighted by molar-refractivity contribution is 0.0765. The fourth-order valence-electron chi connectivity index (χ4n) is 2.23. The number of hydrogen-bond acceptors (Lipinski definition) is 5. The third-order valence-corrected chi connectivity index (χ3v) is 4.97. The van der Waals surface area contributed by atoms with E-state index < -0.39 is 21.8 Å². The average Bonchev–Trinajstić information content (AvgIpc) is 2.81. The Balaban J connectivity index is 2.06. The van der Waals surface area contributed by atoms with E-state index in [1.54, 1.807) is 12.1 Å². The van der Waals surface area contributed by atoms with Crippen LogP contribution in [0.1, 0.15) is 20.7 Å². The van der Waals surface area contributed by atoms with Crippen LogP contribution >= 0.6 is 0 Å². The van der Waals surface area contributed by atoms with Crippen LogP contribution in [0.5, 0.6) is 0 Å². The SMILES string of the molecule is [N-]=[N+]=Nc1ccc(S(=O)(=O)N2C(=O)c3ccccc3C2=O)cc1. The zero-order valence-corrected chi connectivity index (χ0v) is 12.3. The first-order chi connectivity index (χ1) is 11.0. The molecule has 2 aromatic rings. The Morgan fingerprint density at radius 3 is 1.91 bits per heavy atom. The molecular weight excluding hydrogens is 320 g/mol. The highest BCUT2D eigenvalue weighted by molar-refractivity contribution is 7.90. The van der Waals surface area contributed by atoms with Crippen LogP contribution in [0, 0.1) is 0 Å². The molecule has 23 heavy (non-hydrogen) atoms. The smallest absolute Gasteiger partial charge is 0.267 e. The lowest BCUT2D eigenvalue weighted by Gasteiger charge is -2.14. The molecule has 0 fully saturated rings. The molecule has 0 unspecified atom stereocenters. The number of benzene rings is 2. The second-order valence-electron chi connectivity index (χ2n) is 4.61. The first-order valence-corrected chi connectivity index (χ1v) is 7.79. The summed E-state index contributed by atoms with van der Waals surface area (Å²) in [6.07, 6.45) is 0. The number of azide groups is 1. The molecule has 0 saturated carbocycles. The van der Waals surface area contributed by atoms with Gasteiger partial charge in [-0.2, -0.15) is 4.31 Å². The molecule has 0 spiro atoms. The zero-order valence-electron chi connectivity index (χ0n) is 11.4. The molecule has 0 aromatic heterocycles. The Morgan fingerprint density at radius 2 is 1.43 bits per heavy atom. The number of hydrogen-bond donors (Lipinski definition) is 0. The second kappa shape index (κ2) is 5.24. The summed E-state index contributed by atoms with van der Waals surface area (Å²) in [4.78, 5) is 26.8. The normalized spacial score (nSPS) is 13.7. The summed E-state index contributed by atoms with van der Waals surface area (Å²) in [5.41, 5.74) is 8.65. The molecule has 1 aliphatic rings. The highest BCUT2D eigenvalue weighted by atomic mass is 32.2. The van der Waals surface area contributed by atoms with Crippen LogP contribution in [-0.4, -0.2) is 24.5 Å². The summed E-state index contributed by atoms with van der Waals surface area (Å²) in [5, 5.41) is 3.33. The number of imide groups is 1. The summed E-state index contributed by atoms with van der Waals surface area (Å²) in [6, 6.07) is 10.8. The van der Waals surface area contributed by atoms with Crippen LogP contribution in [0.15, 0.2) is 58.5 Å². The molecule has 2 aromatic carbocycles. The van der Waals surface area contributed by atoms with E-state index in [1.165, 1.54) is 36.4 Å². The fraction of sp³-hybridized carbons (Fsp3) is 0. The molecule has 0 saturated heterocycles. The van der Waals surface area contributed by atoms with E-state index in [2.05, 4.69) is 10.0 Å². The Hall–Kier alpha value is -3.16. The van der Waals surface area contributed by atoms with Crippen LogP contribution < -0.4 is 0 Å². The number of fused-ring (bicyclic) bond motifs is 1. The van der Waals surface area contributed by atoms with Crippen molar-refractivity contribution in [2.45, 2.75) is 4.90 Å². The minimum Gasteiger partial charge on any atom is -0.267 e. The van der Waals surface area contributed by atoms with Gasteiger partial charge in [0.05, 0.1) is 16.0 Å². The van der Waals surface area contributed by atoms with Crippen molar-refractivity contribution >= 4 is 27.5 Å². The molecule has 9 heteroatoms. The molecule has 0 N–H and O–H groups in total. The second-order valence-corrected chi connectivity index (χ2v) is 6.40. The van der Waals surface area contributed by atoms with Crippen molar-refractivity contribution in [2.24, 2.45) is 5.11 Å². The molecule has 0 aliphatic carbocycles.